The van der Waals surface area contributed by atoms with Gasteiger partial charge in [0.25, 0.3) is 5.91 Å². The number of amides is 1. The van der Waals surface area contributed by atoms with Crippen molar-refractivity contribution >= 4 is 54.4 Å². The molecule has 1 atom stereocenters. The monoisotopic (exact) mass is 623 g/mol. The maximum atomic E-state index is 13.8. The molecule has 0 fully saturated rings. The van der Waals surface area contributed by atoms with E-state index in [0.717, 1.165) is 53.5 Å². The van der Waals surface area contributed by atoms with Crippen molar-refractivity contribution in [3.05, 3.63) is 134 Å². The maximum Gasteiger partial charge on any atom is 0.274 e. The molecular weight excluding hydrogens is 602 g/mol. The fraction of sp³-hybridized carbons (Fsp3) is 0.0938. The van der Waals surface area contributed by atoms with Crippen LogP contribution in [-0.4, -0.2) is 21.6 Å². The highest BCUT2D eigenvalue weighted by Gasteiger charge is 2.35. The third kappa shape index (κ3) is 4.59. The largest absolute Gasteiger partial charge is 0.274 e. The number of benzene rings is 4. The minimum atomic E-state index is -0.230. The van der Waals surface area contributed by atoms with Gasteiger partial charge >= 0.3 is 0 Å². The summed E-state index contributed by atoms with van der Waals surface area (Å²) < 4.78 is 1.98. The van der Waals surface area contributed by atoms with Crippen molar-refractivity contribution in [1.29, 1.82) is 0 Å². The molecule has 186 valence electrons. The van der Waals surface area contributed by atoms with Crippen LogP contribution in [0.1, 0.15) is 39.6 Å². The van der Waals surface area contributed by atoms with Gasteiger partial charge in [-0.2, -0.15) is 5.10 Å². The minimum absolute atomic E-state index is 0.121. The van der Waals surface area contributed by atoms with Crippen molar-refractivity contribution in [2.24, 2.45) is 5.10 Å². The Balaban J connectivity index is 1.56. The second-order valence-electron chi connectivity index (χ2n) is 9.31. The lowest BCUT2D eigenvalue weighted by Gasteiger charge is -2.22. The van der Waals surface area contributed by atoms with Crippen molar-refractivity contribution in [2.45, 2.75) is 19.4 Å². The number of hydrogen-bond acceptors (Lipinski definition) is 3. The SMILES string of the molecule is Cc1nc2ccc(Br)cc2c(-c2ccccc2)c1C1=NN(C(=O)c2ccccc2)[C@@H](c2ccc(Br)cc2)C1. The number of aryl methyl sites for hydroxylation is 1. The molecule has 4 aromatic carbocycles. The Bertz CT molecular complexity index is 1680. The Morgan fingerprint density at radius 2 is 1.47 bits per heavy atom. The summed E-state index contributed by atoms with van der Waals surface area (Å²) in [5.74, 6) is -0.121. The van der Waals surface area contributed by atoms with E-state index in [1.54, 1.807) is 5.01 Å². The molecule has 0 spiro atoms. The maximum absolute atomic E-state index is 13.8. The number of carbonyl (C=O) groups is 1. The van der Waals surface area contributed by atoms with Crippen molar-refractivity contribution in [3.63, 3.8) is 0 Å². The predicted molar refractivity (Wildman–Crippen MR) is 160 cm³/mol. The highest BCUT2D eigenvalue weighted by molar-refractivity contribution is 9.10. The molecule has 6 rings (SSSR count). The van der Waals surface area contributed by atoms with Gasteiger partial charge in [-0.05, 0) is 60.5 Å². The molecule has 0 aliphatic carbocycles. The summed E-state index contributed by atoms with van der Waals surface area (Å²) in [5.41, 5.74) is 7.46. The van der Waals surface area contributed by atoms with E-state index < -0.39 is 0 Å². The van der Waals surface area contributed by atoms with Crippen molar-refractivity contribution in [3.8, 4) is 11.1 Å². The Morgan fingerprint density at radius 3 is 2.18 bits per heavy atom. The number of fused-ring (bicyclic) bond motifs is 1. The van der Waals surface area contributed by atoms with Gasteiger partial charge in [0.15, 0.2) is 0 Å². The van der Waals surface area contributed by atoms with E-state index in [-0.39, 0.29) is 11.9 Å². The molecule has 0 saturated heterocycles. The molecule has 1 amide bonds. The van der Waals surface area contributed by atoms with Gasteiger partial charge in [0.1, 0.15) is 0 Å². The first-order valence-electron chi connectivity index (χ1n) is 12.4. The molecule has 4 nitrogen and oxygen atoms in total. The molecule has 0 bridgehead atoms. The number of rotatable bonds is 4. The summed E-state index contributed by atoms with van der Waals surface area (Å²) in [4.78, 5) is 18.7. The van der Waals surface area contributed by atoms with E-state index in [1.807, 2.05) is 79.7 Å². The lowest BCUT2D eigenvalue weighted by Crippen LogP contribution is -2.27. The molecule has 0 N–H and O–H groups in total. The van der Waals surface area contributed by atoms with Gasteiger partial charge in [-0.25, -0.2) is 5.01 Å². The van der Waals surface area contributed by atoms with Crippen LogP contribution in [0.4, 0.5) is 0 Å². The summed E-state index contributed by atoms with van der Waals surface area (Å²) in [5, 5.41) is 7.72. The Kier molecular flexibility index (Phi) is 6.68. The highest BCUT2D eigenvalue weighted by atomic mass is 79.9. The number of hydrazone groups is 1. The number of hydrogen-bond donors (Lipinski definition) is 0. The van der Waals surface area contributed by atoms with E-state index in [9.17, 15) is 4.79 Å². The van der Waals surface area contributed by atoms with Crippen molar-refractivity contribution in [1.82, 2.24) is 9.99 Å². The summed E-state index contributed by atoms with van der Waals surface area (Å²) in [6.07, 6.45) is 0.585. The predicted octanol–water partition coefficient (Wildman–Crippen LogP) is 8.73. The van der Waals surface area contributed by atoms with Crippen LogP contribution in [0.5, 0.6) is 0 Å². The Morgan fingerprint density at radius 1 is 0.816 bits per heavy atom. The van der Waals surface area contributed by atoms with Crippen LogP contribution in [0.3, 0.4) is 0 Å². The van der Waals surface area contributed by atoms with Gasteiger partial charge in [0, 0.05) is 43.1 Å². The molecular formula is C32H23Br2N3O. The van der Waals surface area contributed by atoms with Crippen LogP contribution < -0.4 is 0 Å². The van der Waals surface area contributed by atoms with E-state index in [4.69, 9.17) is 10.1 Å². The fourth-order valence-corrected chi connectivity index (χ4v) is 5.75. The minimum Gasteiger partial charge on any atom is -0.267 e. The van der Waals surface area contributed by atoms with E-state index in [2.05, 4.69) is 62.2 Å². The average Bonchev–Trinajstić information content (AvgIpc) is 3.38. The molecule has 2 heterocycles. The summed E-state index contributed by atoms with van der Waals surface area (Å²) >= 11 is 7.19. The number of carbonyl (C=O) groups excluding carboxylic acids is 1. The second-order valence-corrected chi connectivity index (χ2v) is 11.1. The van der Waals surface area contributed by atoms with Crippen LogP contribution in [0.25, 0.3) is 22.0 Å². The first kappa shape index (κ1) is 24.7. The zero-order chi connectivity index (χ0) is 26.2. The van der Waals surface area contributed by atoms with Crippen LogP contribution in [-0.2, 0) is 0 Å². The number of halogens is 2. The van der Waals surface area contributed by atoms with Gasteiger partial charge in [-0.15, -0.1) is 0 Å². The van der Waals surface area contributed by atoms with Crippen LogP contribution in [0, 0.1) is 6.92 Å². The smallest absolute Gasteiger partial charge is 0.267 e. The van der Waals surface area contributed by atoms with E-state index in [1.165, 1.54) is 0 Å². The third-order valence-corrected chi connectivity index (χ3v) is 7.89. The first-order chi connectivity index (χ1) is 18.5. The van der Waals surface area contributed by atoms with E-state index in [0.29, 0.717) is 12.0 Å². The lowest BCUT2D eigenvalue weighted by atomic mass is 9.89. The zero-order valence-electron chi connectivity index (χ0n) is 20.6. The average molecular weight is 625 g/mol. The first-order valence-corrected chi connectivity index (χ1v) is 14.0. The van der Waals surface area contributed by atoms with Crippen LogP contribution >= 0.6 is 31.9 Å². The topological polar surface area (TPSA) is 45.6 Å². The molecule has 1 aliphatic rings. The van der Waals surface area contributed by atoms with Crippen molar-refractivity contribution in [2.75, 3.05) is 0 Å². The highest BCUT2D eigenvalue weighted by Crippen LogP contribution is 2.40. The van der Waals surface area contributed by atoms with E-state index >= 15 is 0 Å². The number of nitrogens with zero attached hydrogens (tertiary/aromatic N) is 3. The Labute approximate surface area is 238 Å². The van der Waals surface area contributed by atoms with Gasteiger partial charge in [0.2, 0.25) is 0 Å². The molecule has 0 unspecified atom stereocenters. The summed E-state index contributed by atoms with van der Waals surface area (Å²) in [7, 11) is 0. The lowest BCUT2D eigenvalue weighted by molar-refractivity contribution is 0.0711. The third-order valence-electron chi connectivity index (χ3n) is 6.87. The number of aromatic nitrogens is 1. The molecule has 0 radical (unpaired) electrons. The van der Waals surface area contributed by atoms with Gasteiger partial charge in [0.05, 0.1) is 17.3 Å². The Hall–Kier alpha value is -3.61. The normalized spacial score (nSPS) is 15.1. The molecule has 1 aromatic heterocycles. The molecule has 1 aliphatic heterocycles. The quantitative estimate of drug-likeness (QED) is 0.201. The molecule has 0 saturated carbocycles. The molecule has 38 heavy (non-hydrogen) atoms. The fourth-order valence-electron chi connectivity index (χ4n) is 5.12. The summed E-state index contributed by atoms with van der Waals surface area (Å²) in [6.45, 7) is 2.03. The van der Waals surface area contributed by atoms with Crippen LogP contribution in [0.2, 0.25) is 0 Å². The van der Waals surface area contributed by atoms with Gasteiger partial charge < -0.3 is 0 Å². The summed E-state index contributed by atoms with van der Waals surface area (Å²) in [6, 6.07) is 33.8. The molecule has 5 aromatic rings. The molecule has 6 heteroatoms. The second kappa shape index (κ2) is 10.3. The van der Waals surface area contributed by atoms with Crippen LogP contribution in [0.15, 0.2) is 117 Å². The standard InChI is InChI=1S/C32H23Br2N3O/c1-20-30(31(22-8-4-2-5-9-22)26-18-25(34)16-17-27(26)35-20)28-19-29(21-12-14-24(33)15-13-21)37(36-28)32(38)23-10-6-3-7-11-23/h2-18,29H,19H2,1H3/t29-/m1/s1. The van der Waals surface area contributed by atoms with Gasteiger partial charge in [-0.1, -0.05) is 92.5 Å². The number of pyridine rings is 1. The van der Waals surface area contributed by atoms with Gasteiger partial charge in [-0.3, -0.25) is 9.78 Å². The zero-order valence-corrected chi connectivity index (χ0v) is 23.8. The van der Waals surface area contributed by atoms with Crippen molar-refractivity contribution < 1.29 is 4.79 Å².